The minimum absolute atomic E-state index is 0.170. The van der Waals surface area contributed by atoms with Crippen molar-refractivity contribution in [1.82, 2.24) is 10.4 Å². The standard InChI is InChI=1S/C17H14ClN3O/c18-14-7-5-12(6-8-14)11-19-21-17(22)10-15-9-13-3-1-2-4-16(13)20-15/h1-9,11,20H,10H2,(H,21,22)/b19-11+. The number of hydrogen-bond acceptors (Lipinski definition) is 2. The second kappa shape index (κ2) is 6.45. The number of amides is 1. The van der Waals surface area contributed by atoms with Crippen LogP contribution in [0.1, 0.15) is 11.3 Å². The Bertz CT molecular complexity index is 788. The number of para-hydroxylation sites is 1. The van der Waals surface area contributed by atoms with E-state index in [1.807, 2.05) is 42.5 Å². The number of aromatic amines is 1. The van der Waals surface area contributed by atoms with Crippen molar-refractivity contribution in [2.45, 2.75) is 6.42 Å². The molecular weight excluding hydrogens is 298 g/mol. The smallest absolute Gasteiger partial charge is 0.245 e. The van der Waals surface area contributed by atoms with Crippen molar-refractivity contribution < 1.29 is 4.79 Å². The Kier molecular flexibility index (Phi) is 4.21. The number of carbonyl (C=O) groups is 1. The van der Waals surface area contributed by atoms with Crippen LogP contribution in [-0.2, 0) is 11.2 Å². The fraction of sp³-hybridized carbons (Fsp3) is 0.0588. The summed E-state index contributed by atoms with van der Waals surface area (Å²) in [6.07, 6.45) is 1.84. The van der Waals surface area contributed by atoms with E-state index in [9.17, 15) is 4.79 Å². The lowest BCUT2D eigenvalue weighted by Crippen LogP contribution is -2.19. The number of hydrogen-bond donors (Lipinski definition) is 2. The largest absolute Gasteiger partial charge is 0.358 e. The second-order valence-corrected chi connectivity index (χ2v) is 5.34. The van der Waals surface area contributed by atoms with Crippen LogP contribution in [0.15, 0.2) is 59.7 Å². The summed E-state index contributed by atoms with van der Waals surface area (Å²) in [6.45, 7) is 0. The normalized spacial score (nSPS) is 11.1. The van der Waals surface area contributed by atoms with Crippen molar-refractivity contribution in [2.75, 3.05) is 0 Å². The number of nitrogens with zero attached hydrogens (tertiary/aromatic N) is 1. The van der Waals surface area contributed by atoms with E-state index in [0.29, 0.717) is 5.02 Å². The number of halogens is 1. The minimum Gasteiger partial charge on any atom is -0.358 e. The van der Waals surface area contributed by atoms with Gasteiger partial charge in [-0.2, -0.15) is 5.10 Å². The number of nitrogens with one attached hydrogen (secondary N) is 2. The van der Waals surface area contributed by atoms with Crippen LogP contribution in [0.25, 0.3) is 10.9 Å². The lowest BCUT2D eigenvalue weighted by atomic mass is 10.2. The minimum atomic E-state index is -0.170. The van der Waals surface area contributed by atoms with Gasteiger partial charge in [0.05, 0.1) is 12.6 Å². The van der Waals surface area contributed by atoms with Crippen LogP contribution < -0.4 is 5.43 Å². The van der Waals surface area contributed by atoms with Crippen LogP contribution in [0.3, 0.4) is 0 Å². The summed E-state index contributed by atoms with van der Waals surface area (Å²) in [7, 11) is 0. The van der Waals surface area contributed by atoms with Crippen molar-refractivity contribution in [3.63, 3.8) is 0 Å². The molecule has 0 bridgehead atoms. The van der Waals surface area contributed by atoms with E-state index in [1.165, 1.54) is 0 Å². The van der Waals surface area contributed by atoms with E-state index in [1.54, 1.807) is 18.3 Å². The third-order valence-electron chi connectivity index (χ3n) is 3.21. The molecule has 1 amide bonds. The van der Waals surface area contributed by atoms with Gasteiger partial charge in [0, 0.05) is 16.2 Å². The molecule has 4 nitrogen and oxygen atoms in total. The predicted octanol–water partition coefficient (Wildman–Crippen LogP) is 3.51. The Morgan fingerprint density at radius 3 is 2.73 bits per heavy atom. The lowest BCUT2D eigenvalue weighted by molar-refractivity contribution is -0.120. The highest BCUT2D eigenvalue weighted by molar-refractivity contribution is 6.30. The van der Waals surface area contributed by atoms with E-state index in [-0.39, 0.29) is 12.3 Å². The van der Waals surface area contributed by atoms with Gasteiger partial charge in [-0.1, -0.05) is 41.9 Å². The Hall–Kier alpha value is -2.59. The molecule has 0 aliphatic heterocycles. The first-order valence-electron chi connectivity index (χ1n) is 6.85. The van der Waals surface area contributed by atoms with Gasteiger partial charge in [0.1, 0.15) is 0 Å². The summed E-state index contributed by atoms with van der Waals surface area (Å²) in [5, 5.41) is 5.70. The molecule has 1 heterocycles. The third kappa shape index (κ3) is 3.54. The zero-order valence-corrected chi connectivity index (χ0v) is 12.5. The molecule has 110 valence electrons. The highest BCUT2D eigenvalue weighted by Crippen LogP contribution is 2.14. The number of carbonyl (C=O) groups excluding carboxylic acids is 1. The molecule has 0 fully saturated rings. The molecule has 0 aliphatic carbocycles. The molecule has 3 rings (SSSR count). The summed E-state index contributed by atoms with van der Waals surface area (Å²) >= 11 is 5.80. The Morgan fingerprint density at radius 2 is 1.95 bits per heavy atom. The zero-order chi connectivity index (χ0) is 15.4. The van der Waals surface area contributed by atoms with E-state index in [0.717, 1.165) is 22.2 Å². The molecule has 2 aromatic carbocycles. The third-order valence-corrected chi connectivity index (χ3v) is 3.46. The van der Waals surface area contributed by atoms with E-state index in [4.69, 9.17) is 11.6 Å². The molecule has 3 aromatic rings. The molecule has 0 saturated carbocycles. The summed E-state index contributed by atoms with van der Waals surface area (Å²) in [4.78, 5) is 15.1. The van der Waals surface area contributed by atoms with Crippen LogP contribution in [0, 0.1) is 0 Å². The summed E-state index contributed by atoms with van der Waals surface area (Å²) in [5.41, 5.74) is 5.27. The summed E-state index contributed by atoms with van der Waals surface area (Å²) < 4.78 is 0. The number of aromatic nitrogens is 1. The zero-order valence-electron chi connectivity index (χ0n) is 11.7. The molecule has 0 aliphatic rings. The first-order chi connectivity index (χ1) is 10.7. The van der Waals surface area contributed by atoms with Gasteiger partial charge in [-0.05, 0) is 35.2 Å². The SMILES string of the molecule is O=C(Cc1cc2ccccc2[nH]1)N/N=C/c1ccc(Cl)cc1. The number of rotatable bonds is 4. The van der Waals surface area contributed by atoms with E-state index >= 15 is 0 Å². The van der Waals surface area contributed by atoms with Crippen LogP contribution in [0.5, 0.6) is 0 Å². The average molecular weight is 312 g/mol. The highest BCUT2D eigenvalue weighted by atomic mass is 35.5. The molecule has 2 N–H and O–H groups in total. The Balaban J connectivity index is 1.59. The summed E-state index contributed by atoms with van der Waals surface area (Å²) in [5.74, 6) is -0.170. The van der Waals surface area contributed by atoms with E-state index < -0.39 is 0 Å². The van der Waals surface area contributed by atoms with Crippen LogP contribution in [0.2, 0.25) is 5.02 Å². The molecule has 0 atom stereocenters. The second-order valence-electron chi connectivity index (χ2n) is 4.90. The van der Waals surface area contributed by atoms with Crippen molar-refractivity contribution in [2.24, 2.45) is 5.10 Å². The lowest BCUT2D eigenvalue weighted by Gasteiger charge is -1.98. The maximum atomic E-state index is 11.9. The monoisotopic (exact) mass is 311 g/mol. The molecule has 22 heavy (non-hydrogen) atoms. The van der Waals surface area contributed by atoms with Crippen molar-refractivity contribution in [3.05, 3.63) is 70.9 Å². The van der Waals surface area contributed by atoms with Gasteiger partial charge < -0.3 is 4.98 Å². The van der Waals surface area contributed by atoms with Gasteiger partial charge in [0.15, 0.2) is 0 Å². The molecule has 0 spiro atoms. The quantitative estimate of drug-likeness (QED) is 0.562. The molecule has 1 aromatic heterocycles. The predicted molar refractivity (Wildman–Crippen MR) is 89.2 cm³/mol. The van der Waals surface area contributed by atoms with Crippen molar-refractivity contribution in [3.8, 4) is 0 Å². The Morgan fingerprint density at radius 1 is 1.18 bits per heavy atom. The maximum Gasteiger partial charge on any atom is 0.245 e. The first kappa shape index (κ1) is 14.4. The topological polar surface area (TPSA) is 57.2 Å². The summed E-state index contributed by atoms with van der Waals surface area (Å²) in [6, 6.07) is 17.1. The number of benzene rings is 2. The maximum absolute atomic E-state index is 11.9. The first-order valence-corrected chi connectivity index (χ1v) is 7.22. The van der Waals surface area contributed by atoms with Crippen LogP contribution in [0.4, 0.5) is 0 Å². The average Bonchev–Trinajstić information content (AvgIpc) is 2.91. The number of hydrazone groups is 1. The fourth-order valence-corrected chi connectivity index (χ4v) is 2.29. The molecule has 5 heteroatoms. The van der Waals surface area contributed by atoms with Gasteiger partial charge in [-0.3, -0.25) is 4.79 Å². The van der Waals surface area contributed by atoms with Gasteiger partial charge in [0.2, 0.25) is 5.91 Å². The molecule has 0 saturated heterocycles. The van der Waals surface area contributed by atoms with Gasteiger partial charge >= 0.3 is 0 Å². The highest BCUT2D eigenvalue weighted by Gasteiger charge is 2.05. The van der Waals surface area contributed by atoms with Gasteiger partial charge in [0.25, 0.3) is 0 Å². The van der Waals surface area contributed by atoms with Crippen LogP contribution in [-0.4, -0.2) is 17.1 Å². The fourth-order valence-electron chi connectivity index (χ4n) is 2.17. The molecule has 0 unspecified atom stereocenters. The molecular formula is C17H14ClN3O. The van der Waals surface area contributed by atoms with Crippen molar-refractivity contribution >= 4 is 34.6 Å². The van der Waals surface area contributed by atoms with Crippen LogP contribution >= 0.6 is 11.6 Å². The number of fused-ring (bicyclic) bond motifs is 1. The Labute approximate surface area is 132 Å². The number of H-pyrrole nitrogens is 1. The van der Waals surface area contributed by atoms with Gasteiger partial charge in [-0.15, -0.1) is 0 Å². The molecule has 0 radical (unpaired) electrons. The van der Waals surface area contributed by atoms with Crippen molar-refractivity contribution in [1.29, 1.82) is 0 Å². The van der Waals surface area contributed by atoms with Gasteiger partial charge in [-0.25, -0.2) is 5.43 Å². The van der Waals surface area contributed by atoms with E-state index in [2.05, 4.69) is 15.5 Å².